The molecule has 1 atom stereocenters. The number of anilines is 1. The smallest absolute Gasteiger partial charge is 0.0571 e. The van der Waals surface area contributed by atoms with Crippen LogP contribution in [0.1, 0.15) is 45.1 Å². The first-order valence-electron chi connectivity index (χ1n) is 7.44. The first-order valence-corrected chi connectivity index (χ1v) is 7.44. The number of hydrogen-bond donors (Lipinski definition) is 1. The molecule has 0 amide bonds. The lowest BCUT2D eigenvalue weighted by Crippen LogP contribution is -2.63. The second-order valence-corrected chi connectivity index (χ2v) is 6.67. The molecule has 0 saturated heterocycles. The van der Waals surface area contributed by atoms with Crippen molar-refractivity contribution in [2.24, 2.45) is 11.1 Å². The number of para-hydroxylation sites is 1. The fourth-order valence-electron chi connectivity index (χ4n) is 3.86. The van der Waals surface area contributed by atoms with Gasteiger partial charge in [0.15, 0.2) is 0 Å². The van der Waals surface area contributed by atoms with Crippen LogP contribution < -0.4 is 10.6 Å². The molecule has 1 aromatic carbocycles. The minimum absolute atomic E-state index is 0.0807. The van der Waals surface area contributed by atoms with Gasteiger partial charge in [0.25, 0.3) is 0 Å². The average molecular weight is 260 g/mol. The molecule has 1 aromatic rings. The van der Waals surface area contributed by atoms with E-state index < -0.39 is 0 Å². The van der Waals surface area contributed by atoms with E-state index >= 15 is 0 Å². The quantitative estimate of drug-likeness (QED) is 0.897. The number of hydrogen-bond acceptors (Lipinski definition) is 2. The second kappa shape index (κ2) is 5.16. The Morgan fingerprint density at radius 1 is 1.16 bits per heavy atom. The Kier molecular flexibility index (Phi) is 3.91. The summed E-state index contributed by atoms with van der Waals surface area (Å²) in [5, 5.41) is 0. The molecule has 0 aliphatic heterocycles. The summed E-state index contributed by atoms with van der Waals surface area (Å²) in [6, 6.07) is 8.63. The predicted octanol–water partition coefficient (Wildman–Crippen LogP) is 3.73. The van der Waals surface area contributed by atoms with Gasteiger partial charge in [-0.2, -0.15) is 0 Å². The molecule has 1 aliphatic carbocycles. The molecule has 1 saturated carbocycles. The van der Waals surface area contributed by atoms with Crippen molar-refractivity contribution in [3.63, 3.8) is 0 Å². The van der Waals surface area contributed by atoms with E-state index in [0.717, 1.165) is 6.54 Å². The lowest BCUT2D eigenvalue weighted by Gasteiger charge is -2.56. The van der Waals surface area contributed by atoms with E-state index in [2.05, 4.69) is 57.0 Å². The topological polar surface area (TPSA) is 29.3 Å². The highest BCUT2D eigenvalue weighted by Gasteiger charge is 2.48. The van der Waals surface area contributed by atoms with Crippen molar-refractivity contribution in [2.75, 3.05) is 18.5 Å². The Morgan fingerprint density at radius 3 is 2.37 bits per heavy atom. The van der Waals surface area contributed by atoms with Crippen molar-refractivity contribution in [1.82, 2.24) is 0 Å². The summed E-state index contributed by atoms with van der Waals surface area (Å²) in [6.45, 7) is 7.68. The molecule has 2 N–H and O–H groups in total. The van der Waals surface area contributed by atoms with Crippen molar-refractivity contribution < 1.29 is 0 Å². The molecule has 0 spiro atoms. The van der Waals surface area contributed by atoms with Gasteiger partial charge in [-0.15, -0.1) is 0 Å². The van der Waals surface area contributed by atoms with Gasteiger partial charge in [-0.3, -0.25) is 0 Å². The zero-order valence-electron chi connectivity index (χ0n) is 12.9. The second-order valence-electron chi connectivity index (χ2n) is 6.67. The molecule has 1 fully saturated rings. The fourth-order valence-corrected chi connectivity index (χ4v) is 3.86. The van der Waals surface area contributed by atoms with Crippen LogP contribution in [0.4, 0.5) is 5.69 Å². The van der Waals surface area contributed by atoms with Gasteiger partial charge in [0.2, 0.25) is 0 Å². The molecule has 2 nitrogen and oxygen atoms in total. The maximum absolute atomic E-state index is 6.26. The predicted molar refractivity (Wildman–Crippen MR) is 83.6 cm³/mol. The van der Waals surface area contributed by atoms with Crippen molar-refractivity contribution >= 4 is 5.69 Å². The molecule has 2 rings (SSSR count). The van der Waals surface area contributed by atoms with Gasteiger partial charge in [0.1, 0.15) is 0 Å². The van der Waals surface area contributed by atoms with Crippen molar-refractivity contribution in [1.29, 1.82) is 0 Å². The van der Waals surface area contributed by atoms with Crippen LogP contribution in [-0.4, -0.2) is 19.1 Å². The van der Waals surface area contributed by atoms with Crippen LogP contribution in [0.15, 0.2) is 24.3 Å². The highest BCUT2D eigenvalue weighted by Crippen LogP contribution is 2.48. The summed E-state index contributed by atoms with van der Waals surface area (Å²) < 4.78 is 0. The molecule has 2 heteroatoms. The lowest BCUT2D eigenvalue weighted by molar-refractivity contribution is 0.101. The van der Waals surface area contributed by atoms with E-state index in [4.69, 9.17) is 5.73 Å². The number of likely N-dealkylation sites (N-methyl/N-ethyl adjacent to an activating group) is 1. The fraction of sp³-hybridized carbons (Fsp3) is 0.647. The van der Waals surface area contributed by atoms with Crippen LogP contribution in [0.3, 0.4) is 0 Å². The Bertz CT molecular complexity index is 439. The minimum Gasteiger partial charge on any atom is -0.367 e. The van der Waals surface area contributed by atoms with Gasteiger partial charge in [0.05, 0.1) is 5.54 Å². The van der Waals surface area contributed by atoms with E-state index in [1.165, 1.54) is 36.9 Å². The first kappa shape index (κ1) is 14.4. The molecule has 0 aromatic heterocycles. The van der Waals surface area contributed by atoms with Crippen LogP contribution in [0, 0.1) is 12.3 Å². The van der Waals surface area contributed by atoms with Gasteiger partial charge in [-0.1, -0.05) is 44.9 Å². The molecule has 0 heterocycles. The maximum atomic E-state index is 6.26. The van der Waals surface area contributed by atoms with E-state index in [0.29, 0.717) is 0 Å². The SMILES string of the molecule is Cc1ccccc1N(C)C1(CN)CCCCC1(C)C. The third kappa shape index (κ3) is 2.27. The third-order valence-electron chi connectivity index (χ3n) is 5.36. The van der Waals surface area contributed by atoms with E-state index in [-0.39, 0.29) is 11.0 Å². The molecular weight excluding hydrogens is 232 g/mol. The van der Waals surface area contributed by atoms with Gasteiger partial charge < -0.3 is 10.6 Å². The monoisotopic (exact) mass is 260 g/mol. The zero-order chi connectivity index (χ0) is 14.1. The molecular formula is C17H28N2. The average Bonchev–Trinajstić information content (AvgIpc) is 2.38. The summed E-state index contributed by atoms with van der Waals surface area (Å²) in [5.41, 5.74) is 9.26. The summed E-state index contributed by atoms with van der Waals surface area (Å²) in [6.07, 6.45) is 5.08. The molecule has 1 unspecified atom stereocenters. The Morgan fingerprint density at radius 2 is 1.79 bits per heavy atom. The van der Waals surface area contributed by atoms with Crippen molar-refractivity contribution in [2.45, 2.75) is 52.0 Å². The highest BCUT2D eigenvalue weighted by molar-refractivity contribution is 5.55. The first-order chi connectivity index (χ1) is 8.94. The van der Waals surface area contributed by atoms with Crippen LogP contribution in [0.5, 0.6) is 0 Å². The van der Waals surface area contributed by atoms with Crippen LogP contribution in [-0.2, 0) is 0 Å². The number of aryl methyl sites for hydroxylation is 1. The number of nitrogens with two attached hydrogens (primary N) is 1. The third-order valence-corrected chi connectivity index (χ3v) is 5.36. The Balaban J connectivity index is 2.43. The van der Waals surface area contributed by atoms with Crippen LogP contribution in [0.25, 0.3) is 0 Å². The number of rotatable bonds is 3. The van der Waals surface area contributed by atoms with Crippen molar-refractivity contribution in [3.8, 4) is 0 Å². The molecule has 106 valence electrons. The van der Waals surface area contributed by atoms with Gasteiger partial charge in [-0.05, 0) is 36.8 Å². The van der Waals surface area contributed by atoms with Gasteiger partial charge >= 0.3 is 0 Å². The lowest BCUT2D eigenvalue weighted by atomic mass is 9.62. The Hall–Kier alpha value is -1.02. The van der Waals surface area contributed by atoms with E-state index in [9.17, 15) is 0 Å². The standard InChI is InChI=1S/C17H28N2/c1-14-9-5-6-10-15(14)19(4)17(13-18)12-8-7-11-16(17,2)3/h5-6,9-10H,7-8,11-13,18H2,1-4H3. The van der Waals surface area contributed by atoms with E-state index in [1.807, 2.05) is 0 Å². The number of nitrogens with zero attached hydrogens (tertiary/aromatic N) is 1. The minimum atomic E-state index is 0.0807. The number of benzene rings is 1. The largest absolute Gasteiger partial charge is 0.367 e. The van der Waals surface area contributed by atoms with Crippen LogP contribution in [0.2, 0.25) is 0 Å². The van der Waals surface area contributed by atoms with E-state index in [1.54, 1.807) is 0 Å². The summed E-state index contributed by atoms with van der Waals surface area (Å²) in [7, 11) is 2.22. The molecule has 0 bridgehead atoms. The maximum Gasteiger partial charge on any atom is 0.0571 e. The Labute approximate surface area is 118 Å². The normalized spacial score (nSPS) is 26.2. The zero-order valence-corrected chi connectivity index (χ0v) is 12.9. The summed E-state index contributed by atoms with van der Waals surface area (Å²) in [5.74, 6) is 0. The summed E-state index contributed by atoms with van der Waals surface area (Å²) >= 11 is 0. The van der Waals surface area contributed by atoms with Crippen molar-refractivity contribution in [3.05, 3.63) is 29.8 Å². The molecule has 0 radical (unpaired) electrons. The molecule has 1 aliphatic rings. The summed E-state index contributed by atoms with van der Waals surface area (Å²) in [4.78, 5) is 2.46. The van der Waals surface area contributed by atoms with Gasteiger partial charge in [-0.25, -0.2) is 0 Å². The van der Waals surface area contributed by atoms with Crippen LogP contribution >= 0.6 is 0 Å². The molecule has 19 heavy (non-hydrogen) atoms. The highest BCUT2D eigenvalue weighted by atomic mass is 15.2. The van der Waals surface area contributed by atoms with Gasteiger partial charge in [0, 0.05) is 19.3 Å².